The Balaban J connectivity index is 4.70. The predicted molar refractivity (Wildman–Crippen MR) is 142 cm³/mol. The number of unbranched alkanes of at least 4 members (excludes halogenated alkanes) is 8. The van der Waals surface area contributed by atoms with E-state index in [2.05, 4.69) is 20.8 Å². The van der Waals surface area contributed by atoms with E-state index in [4.69, 9.17) is 23.7 Å². The molecule has 0 aliphatic rings. The molecule has 0 aliphatic heterocycles. The first-order valence-corrected chi connectivity index (χ1v) is 14.4. The van der Waals surface area contributed by atoms with Gasteiger partial charge in [-0.15, -0.1) is 0 Å². The number of aliphatic hydroxyl groups is 2. The lowest BCUT2D eigenvalue weighted by molar-refractivity contribution is -0.166. The summed E-state index contributed by atoms with van der Waals surface area (Å²) < 4.78 is 27.9. The van der Waals surface area contributed by atoms with E-state index >= 15 is 0 Å². The molecule has 2 N–H and O–H groups in total. The largest absolute Gasteiger partial charge is 0.463 e. The molecule has 0 spiro atoms. The summed E-state index contributed by atoms with van der Waals surface area (Å²) in [5.41, 5.74) is 0. The topological polar surface area (TPSA) is 121 Å². The number of aliphatic hydroxyl groups excluding tert-OH is 2. The van der Waals surface area contributed by atoms with Gasteiger partial charge in [0.15, 0.2) is 0 Å². The van der Waals surface area contributed by atoms with E-state index in [0.29, 0.717) is 19.4 Å². The quantitative estimate of drug-likeness (QED) is 0.117. The molecule has 0 saturated carbocycles. The average Bonchev–Trinajstić information content (AvgIpc) is 2.90. The molecule has 0 bridgehead atoms. The Hall–Kier alpha value is -1.26. The minimum absolute atomic E-state index is 0.0221. The number of carbonyl (C=O) groups is 2. The first kappa shape index (κ1) is 35.7. The highest BCUT2D eigenvalue weighted by atomic mass is 16.6. The van der Waals surface area contributed by atoms with Crippen molar-refractivity contribution in [1.29, 1.82) is 0 Å². The Morgan fingerprint density at radius 1 is 0.595 bits per heavy atom. The Kier molecular flexibility index (Phi) is 25.5. The number of rotatable bonds is 27. The van der Waals surface area contributed by atoms with E-state index < -0.39 is 18.3 Å². The maximum atomic E-state index is 12.1. The van der Waals surface area contributed by atoms with Gasteiger partial charge in [0.1, 0.15) is 31.5 Å². The summed E-state index contributed by atoms with van der Waals surface area (Å²) >= 11 is 0. The van der Waals surface area contributed by atoms with E-state index in [1.807, 2.05) is 0 Å². The molecule has 0 rings (SSSR count). The van der Waals surface area contributed by atoms with Crippen LogP contribution in [-0.4, -0.2) is 86.7 Å². The van der Waals surface area contributed by atoms with Crippen molar-refractivity contribution >= 4 is 11.9 Å². The summed E-state index contributed by atoms with van der Waals surface area (Å²) in [4.78, 5) is 24.0. The second-order valence-corrected chi connectivity index (χ2v) is 9.47. The van der Waals surface area contributed by atoms with Crippen LogP contribution in [0.5, 0.6) is 0 Å². The SMILES string of the molecule is CCCCCCCOCC(CO)OCC(COC(=O)CCCCC)OC(CO)COC(=O)CCCCC. The van der Waals surface area contributed by atoms with Crippen molar-refractivity contribution in [3.63, 3.8) is 0 Å². The number of ether oxygens (including phenoxy) is 5. The lowest BCUT2D eigenvalue weighted by atomic mass is 10.2. The molecule has 9 nitrogen and oxygen atoms in total. The van der Waals surface area contributed by atoms with E-state index in [1.54, 1.807) is 0 Å². The maximum absolute atomic E-state index is 12.1. The summed E-state index contributed by atoms with van der Waals surface area (Å²) in [6, 6.07) is 0. The molecule has 0 aromatic heterocycles. The van der Waals surface area contributed by atoms with Gasteiger partial charge >= 0.3 is 11.9 Å². The van der Waals surface area contributed by atoms with Crippen molar-refractivity contribution in [2.75, 3.05) is 46.2 Å². The minimum Gasteiger partial charge on any atom is -0.463 e. The van der Waals surface area contributed by atoms with Crippen molar-refractivity contribution in [3.8, 4) is 0 Å². The molecule has 37 heavy (non-hydrogen) atoms. The van der Waals surface area contributed by atoms with E-state index in [0.717, 1.165) is 51.4 Å². The van der Waals surface area contributed by atoms with Crippen LogP contribution < -0.4 is 0 Å². The fourth-order valence-corrected chi connectivity index (χ4v) is 3.51. The van der Waals surface area contributed by atoms with Crippen LogP contribution in [0, 0.1) is 0 Å². The fraction of sp³-hybridized carbons (Fsp3) is 0.929. The van der Waals surface area contributed by atoms with Gasteiger partial charge in [0.2, 0.25) is 0 Å². The van der Waals surface area contributed by atoms with Gasteiger partial charge in [0.25, 0.3) is 0 Å². The number of hydrogen-bond donors (Lipinski definition) is 2. The summed E-state index contributed by atoms with van der Waals surface area (Å²) in [5, 5.41) is 19.4. The normalized spacial score (nSPS) is 13.8. The molecule has 9 heteroatoms. The zero-order valence-electron chi connectivity index (χ0n) is 23.6. The Labute approximate surface area is 224 Å². The molecule has 0 aliphatic carbocycles. The van der Waals surface area contributed by atoms with Gasteiger partial charge < -0.3 is 33.9 Å². The zero-order valence-corrected chi connectivity index (χ0v) is 23.6. The zero-order chi connectivity index (χ0) is 27.6. The highest BCUT2D eigenvalue weighted by Crippen LogP contribution is 2.09. The third kappa shape index (κ3) is 22.4. The van der Waals surface area contributed by atoms with E-state index in [-0.39, 0.29) is 51.6 Å². The van der Waals surface area contributed by atoms with Crippen LogP contribution in [0.4, 0.5) is 0 Å². The van der Waals surface area contributed by atoms with Gasteiger partial charge in [-0.25, -0.2) is 0 Å². The lowest BCUT2D eigenvalue weighted by Gasteiger charge is -2.25. The number of carbonyl (C=O) groups excluding carboxylic acids is 2. The summed E-state index contributed by atoms with van der Waals surface area (Å²) in [7, 11) is 0. The summed E-state index contributed by atoms with van der Waals surface area (Å²) in [5.74, 6) is -0.659. The van der Waals surface area contributed by atoms with Crippen LogP contribution >= 0.6 is 0 Å². The number of esters is 2. The standard InChI is InChI=1S/C28H54O9/c1-4-7-10-11-14-17-33-20-24(18-29)34-22-26(23-36-28(32)16-13-9-6-3)37-25(19-30)21-35-27(31)15-12-8-5-2/h24-26,29-30H,4-23H2,1-3H3. The summed E-state index contributed by atoms with van der Waals surface area (Å²) in [6.45, 7) is 6.40. The smallest absolute Gasteiger partial charge is 0.305 e. The third-order valence-electron chi connectivity index (χ3n) is 5.84. The van der Waals surface area contributed by atoms with E-state index in [9.17, 15) is 19.8 Å². The van der Waals surface area contributed by atoms with Crippen LogP contribution in [0.25, 0.3) is 0 Å². The Morgan fingerprint density at radius 3 is 1.65 bits per heavy atom. The van der Waals surface area contributed by atoms with Gasteiger partial charge in [0.05, 0.1) is 26.4 Å². The second kappa shape index (κ2) is 26.4. The summed E-state index contributed by atoms with van der Waals surface area (Å²) in [6.07, 6.45) is 9.73. The molecule has 0 heterocycles. The monoisotopic (exact) mass is 534 g/mol. The molecule has 0 aromatic carbocycles. The molecule has 3 atom stereocenters. The van der Waals surface area contributed by atoms with Crippen LogP contribution in [0.1, 0.15) is 104 Å². The third-order valence-corrected chi connectivity index (χ3v) is 5.84. The lowest BCUT2D eigenvalue weighted by Crippen LogP contribution is -2.38. The Morgan fingerprint density at radius 2 is 1.11 bits per heavy atom. The minimum atomic E-state index is -0.783. The maximum Gasteiger partial charge on any atom is 0.305 e. The van der Waals surface area contributed by atoms with Crippen molar-refractivity contribution in [2.24, 2.45) is 0 Å². The van der Waals surface area contributed by atoms with Crippen LogP contribution in [0.3, 0.4) is 0 Å². The molecule has 0 fully saturated rings. The second-order valence-electron chi connectivity index (χ2n) is 9.47. The molecular weight excluding hydrogens is 480 g/mol. The van der Waals surface area contributed by atoms with Crippen molar-refractivity contribution in [2.45, 2.75) is 123 Å². The highest BCUT2D eigenvalue weighted by Gasteiger charge is 2.22. The first-order chi connectivity index (χ1) is 18.0. The molecule has 220 valence electrons. The Bertz CT molecular complexity index is 530. The van der Waals surface area contributed by atoms with Gasteiger partial charge in [0, 0.05) is 19.4 Å². The molecule has 0 saturated heterocycles. The van der Waals surface area contributed by atoms with E-state index in [1.165, 1.54) is 19.3 Å². The molecular formula is C28H54O9. The predicted octanol–water partition coefficient (Wildman–Crippen LogP) is 4.34. The molecule has 0 aromatic rings. The van der Waals surface area contributed by atoms with Crippen LogP contribution in [0.15, 0.2) is 0 Å². The van der Waals surface area contributed by atoms with Gasteiger partial charge in [-0.2, -0.15) is 0 Å². The van der Waals surface area contributed by atoms with Crippen LogP contribution in [0.2, 0.25) is 0 Å². The molecule has 3 unspecified atom stereocenters. The fourth-order valence-electron chi connectivity index (χ4n) is 3.51. The molecule has 0 amide bonds. The van der Waals surface area contributed by atoms with Crippen molar-refractivity contribution in [1.82, 2.24) is 0 Å². The van der Waals surface area contributed by atoms with Gasteiger partial charge in [-0.1, -0.05) is 72.1 Å². The number of hydrogen-bond acceptors (Lipinski definition) is 9. The highest BCUT2D eigenvalue weighted by molar-refractivity contribution is 5.69. The first-order valence-electron chi connectivity index (χ1n) is 14.4. The van der Waals surface area contributed by atoms with Gasteiger partial charge in [-0.3, -0.25) is 9.59 Å². The average molecular weight is 535 g/mol. The van der Waals surface area contributed by atoms with Crippen molar-refractivity contribution < 1.29 is 43.5 Å². The molecule has 0 radical (unpaired) electrons. The van der Waals surface area contributed by atoms with Gasteiger partial charge in [-0.05, 0) is 19.3 Å². The van der Waals surface area contributed by atoms with Crippen molar-refractivity contribution in [3.05, 3.63) is 0 Å². The van der Waals surface area contributed by atoms with Crippen LogP contribution in [-0.2, 0) is 33.3 Å².